The van der Waals surface area contributed by atoms with Gasteiger partial charge in [0.25, 0.3) is 0 Å². The van der Waals surface area contributed by atoms with Crippen LogP contribution in [0.15, 0.2) is 18.5 Å². The first-order chi connectivity index (χ1) is 6.26. The Morgan fingerprint density at radius 1 is 1.69 bits per heavy atom. The molecule has 0 radical (unpaired) electrons. The Bertz CT molecular complexity index is 280. The smallest absolute Gasteiger partial charge is 0.325 e. The minimum Gasteiger partial charge on any atom is -0.465 e. The van der Waals surface area contributed by atoms with Crippen molar-refractivity contribution in [2.45, 2.75) is 20.1 Å². The van der Waals surface area contributed by atoms with E-state index < -0.39 is 0 Å². The third kappa shape index (κ3) is 2.91. The molecule has 0 aliphatic rings. The average molecular weight is 183 g/mol. The van der Waals surface area contributed by atoms with Gasteiger partial charge < -0.3 is 14.4 Å². The van der Waals surface area contributed by atoms with Gasteiger partial charge in [0.1, 0.15) is 6.54 Å². The van der Waals surface area contributed by atoms with Crippen LogP contribution in [-0.4, -0.2) is 22.2 Å². The highest BCUT2D eigenvalue weighted by Crippen LogP contribution is 2.00. The van der Waals surface area contributed by atoms with Gasteiger partial charge >= 0.3 is 5.97 Å². The number of ether oxygens (including phenoxy) is 1. The Kier molecular flexibility index (Phi) is 3.52. The lowest BCUT2D eigenvalue weighted by atomic mass is 10.4. The van der Waals surface area contributed by atoms with E-state index in [1.165, 1.54) is 0 Å². The van der Waals surface area contributed by atoms with Crippen molar-refractivity contribution >= 4 is 5.97 Å². The molecule has 1 aromatic rings. The fraction of sp³-hybridized carbons (Fsp3) is 0.444. The van der Waals surface area contributed by atoms with Gasteiger partial charge in [-0.05, 0) is 18.6 Å². The molecule has 0 amide bonds. The highest BCUT2D eigenvalue weighted by atomic mass is 16.5. The lowest BCUT2D eigenvalue weighted by Crippen LogP contribution is -2.11. The number of nitrogens with zero attached hydrogens (tertiary/aromatic N) is 1. The summed E-state index contributed by atoms with van der Waals surface area (Å²) in [4.78, 5) is 11.0. The second-order valence-electron chi connectivity index (χ2n) is 2.66. The van der Waals surface area contributed by atoms with Crippen molar-refractivity contribution in [3.05, 3.63) is 24.0 Å². The standard InChI is InChI=1S/C9H13NO3/c1-2-13-9(12)6-10-4-3-8(5-10)7-11/h3-5,11H,2,6-7H2,1H3. The molecular formula is C9H13NO3. The summed E-state index contributed by atoms with van der Waals surface area (Å²) in [6.07, 6.45) is 3.46. The number of esters is 1. The molecule has 0 fully saturated rings. The molecule has 1 aromatic heterocycles. The minimum absolute atomic E-state index is 0.00414. The zero-order chi connectivity index (χ0) is 9.68. The Morgan fingerprint density at radius 2 is 2.46 bits per heavy atom. The van der Waals surface area contributed by atoms with E-state index in [1.807, 2.05) is 0 Å². The van der Waals surface area contributed by atoms with Gasteiger partial charge in [0.15, 0.2) is 0 Å². The summed E-state index contributed by atoms with van der Waals surface area (Å²) in [5, 5.41) is 8.76. The second-order valence-corrected chi connectivity index (χ2v) is 2.66. The van der Waals surface area contributed by atoms with Crippen molar-refractivity contribution in [2.24, 2.45) is 0 Å². The SMILES string of the molecule is CCOC(=O)Cn1ccc(CO)c1. The second kappa shape index (κ2) is 4.67. The molecule has 0 aromatic carbocycles. The van der Waals surface area contributed by atoms with E-state index in [4.69, 9.17) is 9.84 Å². The van der Waals surface area contributed by atoms with Crippen LogP contribution in [0.4, 0.5) is 0 Å². The quantitative estimate of drug-likeness (QED) is 0.693. The molecule has 0 saturated carbocycles. The van der Waals surface area contributed by atoms with Crippen LogP contribution < -0.4 is 0 Å². The van der Waals surface area contributed by atoms with Crippen molar-refractivity contribution < 1.29 is 14.6 Å². The van der Waals surface area contributed by atoms with E-state index in [9.17, 15) is 4.79 Å². The van der Waals surface area contributed by atoms with Gasteiger partial charge in [-0.15, -0.1) is 0 Å². The molecule has 0 aliphatic carbocycles. The monoisotopic (exact) mass is 183 g/mol. The first-order valence-electron chi connectivity index (χ1n) is 4.17. The molecule has 1 heterocycles. The van der Waals surface area contributed by atoms with Crippen molar-refractivity contribution in [1.29, 1.82) is 0 Å². The molecule has 1 N–H and O–H groups in total. The van der Waals surface area contributed by atoms with Crippen LogP contribution in [0, 0.1) is 0 Å². The Hall–Kier alpha value is -1.29. The van der Waals surface area contributed by atoms with Crippen LogP contribution in [0.5, 0.6) is 0 Å². The van der Waals surface area contributed by atoms with Gasteiger partial charge in [0.2, 0.25) is 0 Å². The largest absolute Gasteiger partial charge is 0.465 e. The van der Waals surface area contributed by atoms with Crippen molar-refractivity contribution in [2.75, 3.05) is 6.61 Å². The lowest BCUT2D eigenvalue weighted by Gasteiger charge is -2.01. The zero-order valence-electron chi connectivity index (χ0n) is 7.56. The molecule has 4 nitrogen and oxygen atoms in total. The summed E-state index contributed by atoms with van der Waals surface area (Å²) in [5.74, 6) is -0.261. The van der Waals surface area contributed by atoms with Crippen LogP contribution >= 0.6 is 0 Å². The summed E-state index contributed by atoms with van der Waals surface area (Å²) in [7, 11) is 0. The third-order valence-electron chi connectivity index (χ3n) is 1.61. The summed E-state index contributed by atoms with van der Waals surface area (Å²) in [5.41, 5.74) is 0.796. The molecule has 0 saturated heterocycles. The first-order valence-corrected chi connectivity index (χ1v) is 4.17. The van der Waals surface area contributed by atoms with Crippen LogP contribution in [0.25, 0.3) is 0 Å². The lowest BCUT2D eigenvalue weighted by molar-refractivity contribution is -0.143. The van der Waals surface area contributed by atoms with Crippen LogP contribution in [0.2, 0.25) is 0 Å². The fourth-order valence-corrected chi connectivity index (χ4v) is 1.04. The maximum Gasteiger partial charge on any atom is 0.325 e. The van der Waals surface area contributed by atoms with Crippen molar-refractivity contribution in [3.63, 3.8) is 0 Å². The number of aliphatic hydroxyl groups excluding tert-OH is 1. The molecule has 13 heavy (non-hydrogen) atoms. The van der Waals surface area contributed by atoms with Crippen molar-refractivity contribution in [3.8, 4) is 0 Å². The molecule has 0 spiro atoms. The van der Waals surface area contributed by atoms with Gasteiger partial charge in [-0.25, -0.2) is 0 Å². The predicted molar refractivity (Wildman–Crippen MR) is 47.0 cm³/mol. The number of aliphatic hydroxyl groups is 1. The topological polar surface area (TPSA) is 51.5 Å². The van der Waals surface area contributed by atoms with E-state index in [2.05, 4.69) is 0 Å². The molecule has 1 rings (SSSR count). The number of carbonyl (C=O) groups is 1. The summed E-state index contributed by atoms with van der Waals surface area (Å²) < 4.78 is 6.45. The third-order valence-corrected chi connectivity index (χ3v) is 1.61. The van der Waals surface area contributed by atoms with Crippen LogP contribution in [0.1, 0.15) is 12.5 Å². The number of carbonyl (C=O) groups excluding carboxylic acids is 1. The van der Waals surface area contributed by atoms with E-state index in [0.717, 1.165) is 5.56 Å². The fourth-order valence-electron chi connectivity index (χ4n) is 1.04. The van der Waals surface area contributed by atoms with E-state index >= 15 is 0 Å². The van der Waals surface area contributed by atoms with Gasteiger partial charge in [0.05, 0.1) is 13.2 Å². The van der Waals surface area contributed by atoms with Gasteiger partial charge in [-0.2, -0.15) is 0 Å². The summed E-state index contributed by atoms with van der Waals surface area (Å²) in [6, 6.07) is 1.76. The maximum atomic E-state index is 11.0. The first kappa shape index (κ1) is 9.80. The normalized spacial score (nSPS) is 10.0. The van der Waals surface area contributed by atoms with Crippen LogP contribution in [0.3, 0.4) is 0 Å². The molecule has 72 valence electrons. The van der Waals surface area contributed by atoms with E-state index in [0.29, 0.717) is 6.61 Å². The van der Waals surface area contributed by atoms with Gasteiger partial charge in [0, 0.05) is 12.4 Å². The highest BCUT2D eigenvalue weighted by molar-refractivity contribution is 5.69. The van der Waals surface area contributed by atoms with E-state index in [-0.39, 0.29) is 19.1 Å². The Morgan fingerprint density at radius 3 is 3.00 bits per heavy atom. The van der Waals surface area contributed by atoms with Gasteiger partial charge in [-0.1, -0.05) is 0 Å². The molecule has 0 atom stereocenters. The van der Waals surface area contributed by atoms with E-state index in [1.54, 1.807) is 30.0 Å². The number of hydrogen-bond donors (Lipinski definition) is 1. The average Bonchev–Trinajstić information content (AvgIpc) is 2.52. The Balaban J connectivity index is 2.49. The molecule has 0 bridgehead atoms. The minimum atomic E-state index is -0.261. The van der Waals surface area contributed by atoms with Crippen molar-refractivity contribution in [1.82, 2.24) is 4.57 Å². The molecular weight excluding hydrogens is 170 g/mol. The van der Waals surface area contributed by atoms with Gasteiger partial charge in [-0.3, -0.25) is 4.79 Å². The maximum absolute atomic E-state index is 11.0. The Labute approximate surface area is 76.7 Å². The highest BCUT2D eigenvalue weighted by Gasteiger charge is 2.02. The predicted octanol–water partition coefficient (Wildman–Crippen LogP) is 0.544. The van der Waals surface area contributed by atoms with Crippen LogP contribution in [-0.2, 0) is 22.7 Å². The zero-order valence-corrected chi connectivity index (χ0v) is 7.56. The molecule has 0 unspecified atom stereocenters. The molecule has 0 aliphatic heterocycles. The summed E-state index contributed by atoms with van der Waals surface area (Å²) >= 11 is 0. The molecule has 4 heteroatoms. The number of hydrogen-bond acceptors (Lipinski definition) is 3. The number of aromatic nitrogens is 1. The summed E-state index contributed by atoms with van der Waals surface area (Å²) in [6.45, 7) is 2.36. The number of rotatable bonds is 4.